The molecule has 238 valence electrons. The van der Waals surface area contributed by atoms with E-state index in [1.165, 1.54) is 167 Å². The second kappa shape index (κ2) is 34.4. The van der Waals surface area contributed by atoms with Crippen molar-refractivity contribution in [3.05, 3.63) is 12.2 Å². The maximum atomic E-state index is 11.9. The molecule has 1 unspecified atom stereocenters. The predicted molar refractivity (Wildman–Crippen MR) is 179 cm³/mol. The first-order valence-electron chi connectivity index (χ1n) is 18.5. The Morgan fingerprint density at radius 2 is 0.925 bits per heavy atom. The second-order valence-corrected chi connectivity index (χ2v) is 12.8. The molecule has 0 radical (unpaired) electrons. The van der Waals surface area contributed by atoms with Crippen LogP contribution in [0.5, 0.6) is 0 Å². The molecule has 0 aliphatic heterocycles. The molecule has 0 aliphatic carbocycles. The van der Waals surface area contributed by atoms with Crippen molar-refractivity contribution in [3.63, 3.8) is 0 Å². The van der Waals surface area contributed by atoms with Crippen molar-refractivity contribution < 1.29 is 9.53 Å². The number of hydrogen-bond donors (Lipinski definition) is 0. The molecule has 0 saturated heterocycles. The SMILES string of the molecule is CCCC/C=C\CCCCCCCC(=O)OCCCCCCCCCCCCCCCCCCCCC(C)CC. The highest BCUT2D eigenvalue weighted by Crippen LogP contribution is 2.16. The van der Waals surface area contributed by atoms with Gasteiger partial charge in [0.1, 0.15) is 0 Å². The van der Waals surface area contributed by atoms with Crippen LogP contribution >= 0.6 is 0 Å². The zero-order chi connectivity index (χ0) is 29.2. The molecule has 0 fully saturated rings. The number of carbonyl (C=O) groups is 1. The van der Waals surface area contributed by atoms with Crippen LogP contribution in [0.4, 0.5) is 0 Å². The van der Waals surface area contributed by atoms with Crippen molar-refractivity contribution in [1.29, 1.82) is 0 Å². The minimum Gasteiger partial charge on any atom is -0.466 e. The third-order valence-electron chi connectivity index (χ3n) is 8.69. The number of esters is 1. The van der Waals surface area contributed by atoms with Crippen LogP contribution in [-0.2, 0) is 9.53 Å². The molecular weight excluding hydrogens is 488 g/mol. The normalized spacial score (nSPS) is 12.4. The first-order chi connectivity index (χ1) is 19.7. The van der Waals surface area contributed by atoms with Crippen LogP contribution in [0.15, 0.2) is 12.2 Å². The Morgan fingerprint density at radius 3 is 1.40 bits per heavy atom. The number of hydrogen-bond acceptors (Lipinski definition) is 2. The number of unbranched alkanes of at least 4 members (excludes halogenated alkanes) is 24. The summed E-state index contributed by atoms with van der Waals surface area (Å²) in [6, 6.07) is 0. The van der Waals surface area contributed by atoms with Crippen LogP contribution in [0.3, 0.4) is 0 Å². The summed E-state index contributed by atoms with van der Waals surface area (Å²) in [6.45, 7) is 7.58. The highest BCUT2D eigenvalue weighted by molar-refractivity contribution is 5.69. The van der Waals surface area contributed by atoms with Gasteiger partial charge < -0.3 is 4.74 Å². The van der Waals surface area contributed by atoms with Crippen molar-refractivity contribution in [1.82, 2.24) is 0 Å². The number of ether oxygens (including phenoxy) is 1. The van der Waals surface area contributed by atoms with Gasteiger partial charge in [-0.15, -0.1) is 0 Å². The molecule has 1 atom stereocenters. The molecule has 0 amide bonds. The van der Waals surface area contributed by atoms with Crippen molar-refractivity contribution >= 4 is 5.97 Å². The van der Waals surface area contributed by atoms with Crippen LogP contribution < -0.4 is 0 Å². The fraction of sp³-hybridized carbons (Fsp3) is 0.921. The van der Waals surface area contributed by atoms with Gasteiger partial charge in [0.2, 0.25) is 0 Å². The Kier molecular flexibility index (Phi) is 33.7. The van der Waals surface area contributed by atoms with Gasteiger partial charge in [-0.25, -0.2) is 0 Å². The Balaban J connectivity index is 3.16. The molecule has 0 aromatic carbocycles. The molecule has 0 aliphatic rings. The van der Waals surface area contributed by atoms with Crippen LogP contribution in [-0.4, -0.2) is 12.6 Å². The summed E-state index contributed by atoms with van der Waals surface area (Å²) in [4.78, 5) is 11.9. The van der Waals surface area contributed by atoms with Gasteiger partial charge in [-0.3, -0.25) is 4.79 Å². The van der Waals surface area contributed by atoms with Gasteiger partial charge in [-0.05, 0) is 38.0 Å². The van der Waals surface area contributed by atoms with Crippen molar-refractivity contribution in [2.75, 3.05) is 6.61 Å². The lowest BCUT2D eigenvalue weighted by molar-refractivity contribution is -0.143. The summed E-state index contributed by atoms with van der Waals surface area (Å²) in [5.41, 5.74) is 0. The fourth-order valence-corrected chi connectivity index (χ4v) is 5.51. The van der Waals surface area contributed by atoms with E-state index in [2.05, 4.69) is 32.9 Å². The maximum absolute atomic E-state index is 11.9. The Morgan fingerprint density at radius 1 is 0.525 bits per heavy atom. The molecule has 2 heteroatoms. The van der Waals surface area contributed by atoms with E-state index < -0.39 is 0 Å². The molecule has 2 nitrogen and oxygen atoms in total. The third kappa shape index (κ3) is 33.4. The van der Waals surface area contributed by atoms with Gasteiger partial charge in [0.05, 0.1) is 6.61 Å². The molecule has 0 aromatic rings. The van der Waals surface area contributed by atoms with E-state index in [-0.39, 0.29) is 5.97 Å². The summed E-state index contributed by atoms with van der Waals surface area (Å²) in [5, 5.41) is 0. The average molecular weight is 563 g/mol. The van der Waals surface area contributed by atoms with Gasteiger partial charge in [-0.1, -0.05) is 187 Å². The lowest BCUT2D eigenvalue weighted by atomic mass is 9.99. The predicted octanol–water partition coefficient (Wildman–Crippen LogP) is 13.5. The Labute approximate surface area is 253 Å². The molecule has 0 spiro atoms. The number of rotatable bonds is 33. The average Bonchev–Trinajstić information content (AvgIpc) is 2.96. The lowest BCUT2D eigenvalue weighted by Crippen LogP contribution is -2.05. The Bertz CT molecular complexity index is 512. The van der Waals surface area contributed by atoms with E-state index in [0.717, 1.165) is 25.2 Å². The van der Waals surface area contributed by atoms with Crippen LogP contribution in [0, 0.1) is 5.92 Å². The van der Waals surface area contributed by atoms with Crippen molar-refractivity contribution in [2.45, 2.75) is 213 Å². The minimum atomic E-state index is 0.0155. The Hall–Kier alpha value is -0.790. The number of allylic oxidation sites excluding steroid dienone is 2. The van der Waals surface area contributed by atoms with E-state index in [1.54, 1.807) is 0 Å². The van der Waals surface area contributed by atoms with Gasteiger partial charge >= 0.3 is 5.97 Å². The van der Waals surface area contributed by atoms with E-state index in [9.17, 15) is 4.79 Å². The third-order valence-corrected chi connectivity index (χ3v) is 8.69. The topological polar surface area (TPSA) is 26.3 Å². The molecule has 0 saturated carbocycles. The van der Waals surface area contributed by atoms with E-state index in [0.29, 0.717) is 13.0 Å². The quantitative estimate of drug-likeness (QED) is 0.0451. The van der Waals surface area contributed by atoms with E-state index in [1.807, 2.05) is 0 Å². The maximum Gasteiger partial charge on any atom is 0.305 e. The molecular formula is C38H74O2. The monoisotopic (exact) mass is 563 g/mol. The molecule has 0 heterocycles. The number of carbonyl (C=O) groups excluding carboxylic acids is 1. The van der Waals surface area contributed by atoms with Crippen LogP contribution in [0.1, 0.15) is 213 Å². The van der Waals surface area contributed by atoms with Crippen molar-refractivity contribution in [2.24, 2.45) is 5.92 Å². The molecule has 0 rings (SSSR count). The van der Waals surface area contributed by atoms with Crippen molar-refractivity contribution in [3.8, 4) is 0 Å². The first kappa shape index (κ1) is 39.2. The van der Waals surface area contributed by atoms with E-state index in [4.69, 9.17) is 4.74 Å². The van der Waals surface area contributed by atoms with Gasteiger partial charge in [0, 0.05) is 6.42 Å². The fourth-order valence-electron chi connectivity index (χ4n) is 5.51. The summed E-state index contributed by atoms with van der Waals surface area (Å²) < 4.78 is 5.43. The highest BCUT2D eigenvalue weighted by Gasteiger charge is 2.03. The van der Waals surface area contributed by atoms with Crippen LogP contribution in [0.2, 0.25) is 0 Å². The molecule has 40 heavy (non-hydrogen) atoms. The van der Waals surface area contributed by atoms with E-state index >= 15 is 0 Å². The zero-order valence-electron chi connectivity index (χ0n) is 28.0. The zero-order valence-corrected chi connectivity index (χ0v) is 28.0. The molecule has 0 bridgehead atoms. The molecule has 0 N–H and O–H groups in total. The van der Waals surface area contributed by atoms with Gasteiger partial charge in [0.25, 0.3) is 0 Å². The summed E-state index contributed by atoms with van der Waals surface area (Å²) in [6.07, 6.45) is 44.2. The highest BCUT2D eigenvalue weighted by atomic mass is 16.5. The smallest absolute Gasteiger partial charge is 0.305 e. The van der Waals surface area contributed by atoms with Crippen LogP contribution in [0.25, 0.3) is 0 Å². The summed E-state index contributed by atoms with van der Waals surface area (Å²) >= 11 is 0. The summed E-state index contributed by atoms with van der Waals surface area (Å²) in [5.74, 6) is 0.948. The van der Waals surface area contributed by atoms with Gasteiger partial charge in [0.15, 0.2) is 0 Å². The van der Waals surface area contributed by atoms with Gasteiger partial charge in [-0.2, -0.15) is 0 Å². The summed E-state index contributed by atoms with van der Waals surface area (Å²) in [7, 11) is 0. The largest absolute Gasteiger partial charge is 0.466 e. The lowest BCUT2D eigenvalue weighted by Gasteiger charge is -2.07. The first-order valence-corrected chi connectivity index (χ1v) is 18.5. The molecule has 0 aromatic heterocycles. The standard InChI is InChI=1S/C38H74O2/c1-4-6-7-8-9-10-19-23-26-29-32-35-38(39)40-36-33-30-27-24-21-18-16-14-12-11-13-15-17-20-22-25-28-31-34-37(3)5-2/h8-9,37H,4-7,10-36H2,1-3H3/b9-8-. The second-order valence-electron chi connectivity index (χ2n) is 12.8. The minimum absolute atomic E-state index is 0.0155.